The molecule has 0 aromatic heterocycles. The van der Waals surface area contributed by atoms with Crippen LogP contribution in [0.5, 0.6) is 5.75 Å². The summed E-state index contributed by atoms with van der Waals surface area (Å²) < 4.78 is 10.8. The number of hydrogen-bond acceptors (Lipinski definition) is 4. The highest BCUT2D eigenvalue weighted by Gasteiger charge is 2.30. The average molecular weight is 299 g/mol. The van der Waals surface area contributed by atoms with Crippen LogP contribution in [0.3, 0.4) is 0 Å². The molecule has 1 aliphatic rings. The molecule has 1 aromatic carbocycles. The molecule has 2 atom stereocenters. The Kier molecular flexibility index (Phi) is 4.86. The Bertz CT molecular complexity index is 507. The lowest BCUT2D eigenvalue weighted by Crippen LogP contribution is -2.30. The van der Waals surface area contributed by atoms with Crippen LogP contribution < -0.4 is 15.8 Å². The summed E-state index contributed by atoms with van der Waals surface area (Å²) in [5.74, 6) is 0.350. The van der Waals surface area contributed by atoms with Gasteiger partial charge in [-0.05, 0) is 31.4 Å². The molecule has 3 N–H and O–H groups in total. The summed E-state index contributed by atoms with van der Waals surface area (Å²) in [4.78, 5) is 12.2. The third kappa shape index (κ3) is 3.23. The molecule has 2 rings (SSSR count). The minimum Gasteiger partial charge on any atom is -0.495 e. The number of halogens is 1. The van der Waals surface area contributed by atoms with E-state index < -0.39 is 6.10 Å². The van der Waals surface area contributed by atoms with E-state index in [0.29, 0.717) is 29.4 Å². The van der Waals surface area contributed by atoms with E-state index in [2.05, 4.69) is 5.32 Å². The Balaban J connectivity index is 2.10. The van der Waals surface area contributed by atoms with Crippen molar-refractivity contribution < 1.29 is 14.3 Å². The van der Waals surface area contributed by atoms with Crippen molar-refractivity contribution >= 4 is 23.2 Å². The minimum absolute atomic E-state index is 0.0281. The van der Waals surface area contributed by atoms with Crippen molar-refractivity contribution in [3.05, 3.63) is 22.7 Å². The lowest BCUT2D eigenvalue weighted by atomic mass is 10.1. The van der Waals surface area contributed by atoms with Crippen molar-refractivity contribution in [2.75, 3.05) is 19.0 Å². The molecular weight excluding hydrogens is 280 g/mol. The highest BCUT2D eigenvalue weighted by molar-refractivity contribution is 6.31. The van der Waals surface area contributed by atoms with Crippen molar-refractivity contribution in [3.63, 3.8) is 0 Å². The number of nitrogens with two attached hydrogens (primary N) is 1. The molecule has 0 aliphatic carbocycles. The number of aryl methyl sites for hydroxylation is 1. The van der Waals surface area contributed by atoms with Crippen LogP contribution in [0.2, 0.25) is 5.02 Å². The fourth-order valence-electron chi connectivity index (χ4n) is 2.22. The van der Waals surface area contributed by atoms with Crippen molar-refractivity contribution in [1.29, 1.82) is 0 Å². The SMILES string of the molecule is COc1cc(Cl)c(C)cc1NC(=O)C1CCC(CN)O1. The van der Waals surface area contributed by atoms with Gasteiger partial charge in [-0.25, -0.2) is 0 Å². The van der Waals surface area contributed by atoms with Crippen molar-refractivity contribution in [3.8, 4) is 5.75 Å². The fourth-order valence-corrected chi connectivity index (χ4v) is 2.37. The van der Waals surface area contributed by atoms with Crippen LogP contribution in [-0.4, -0.2) is 31.8 Å². The van der Waals surface area contributed by atoms with Gasteiger partial charge >= 0.3 is 0 Å². The molecule has 110 valence electrons. The number of benzene rings is 1. The van der Waals surface area contributed by atoms with Crippen LogP contribution in [0.15, 0.2) is 12.1 Å². The summed E-state index contributed by atoms with van der Waals surface area (Å²) in [6, 6.07) is 3.47. The molecule has 6 heteroatoms. The van der Waals surface area contributed by atoms with Gasteiger partial charge in [0.05, 0.1) is 18.9 Å². The van der Waals surface area contributed by atoms with E-state index in [0.717, 1.165) is 12.0 Å². The van der Waals surface area contributed by atoms with Crippen molar-refractivity contribution in [1.82, 2.24) is 0 Å². The van der Waals surface area contributed by atoms with Crippen LogP contribution in [0.4, 0.5) is 5.69 Å². The van der Waals surface area contributed by atoms with Crippen LogP contribution in [0.1, 0.15) is 18.4 Å². The zero-order valence-corrected chi connectivity index (χ0v) is 12.4. The summed E-state index contributed by atoms with van der Waals surface area (Å²) in [5, 5.41) is 3.43. The van der Waals surface area contributed by atoms with E-state index >= 15 is 0 Å². The Labute approximate surface area is 123 Å². The lowest BCUT2D eigenvalue weighted by molar-refractivity contribution is -0.126. The third-order valence-corrected chi connectivity index (χ3v) is 3.81. The van der Waals surface area contributed by atoms with Gasteiger partial charge in [-0.15, -0.1) is 0 Å². The zero-order valence-electron chi connectivity index (χ0n) is 11.6. The molecule has 1 saturated heterocycles. The number of nitrogens with one attached hydrogen (secondary N) is 1. The number of amides is 1. The number of carbonyl (C=O) groups is 1. The lowest BCUT2D eigenvalue weighted by Gasteiger charge is -2.15. The number of rotatable bonds is 4. The Morgan fingerprint density at radius 2 is 2.30 bits per heavy atom. The Morgan fingerprint density at radius 3 is 2.90 bits per heavy atom. The van der Waals surface area contributed by atoms with E-state index in [1.54, 1.807) is 12.1 Å². The first-order valence-electron chi connectivity index (χ1n) is 6.55. The summed E-state index contributed by atoms with van der Waals surface area (Å²) in [6.07, 6.45) is 1.01. The van der Waals surface area contributed by atoms with Crippen molar-refractivity contribution in [2.45, 2.75) is 32.0 Å². The predicted octanol–water partition coefficient (Wildman–Crippen LogP) is 2.10. The Morgan fingerprint density at radius 1 is 1.55 bits per heavy atom. The fraction of sp³-hybridized carbons (Fsp3) is 0.500. The van der Waals surface area contributed by atoms with E-state index in [1.807, 2.05) is 6.92 Å². The van der Waals surface area contributed by atoms with Gasteiger partial charge in [-0.1, -0.05) is 11.6 Å². The molecule has 20 heavy (non-hydrogen) atoms. The summed E-state index contributed by atoms with van der Waals surface area (Å²) in [5.41, 5.74) is 7.01. The monoisotopic (exact) mass is 298 g/mol. The van der Waals surface area contributed by atoms with Gasteiger partial charge in [0.1, 0.15) is 11.9 Å². The largest absolute Gasteiger partial charge is 0.495 e. The van der Waals surface area contributed by atoms with E-state index in [-0.39, 0.29) is 12.0 Å². The molecule has 2 unspecified atom stereocenters. The molecule has 0 radical (unpaired) electrons. The second-order valence-corrected chi connectivity index (χ2v) is 5.26. The topological polar surface area (TPSA) is 73.6 Å². The second-order valence-electron chi connectivity index (χ2n) is 4.85. The number of anilines is 1. The Hall–Kier alpha value is -1.30. The molecule has 0 spiro atoms. The summed E-state index contributed by atoms with van der Waals surface area (Å²) in [7, 11) is 1.53. The second kappa shape index (κ2) is 6.43. The van der Waals surface area contributed by atoms with Crippen LogP contribution in [-0.2, 0) is 9.53 Å². The molecular formula is C14H19ClN2O3. The van der Waals surface area contributed by atoms with Crippen LogP contribution in [0.25, 0.3) is 0 Å². The van der Waals surface area contributed by atoms with E-state index in [1.165, 1.54) is 7.11 Å². The maximum atomic E-state index is 12.2. The van der Waals surface area contributed by atoms with E-state index in [9.17, 15) is 4.79 Å². The highest BCUT2D eigenvalue weighted by atomic mass is 35.5. The molecule has 1 aromatic rings. The molecule has 0 bridgehead atoms. The molecule has 1 amide bonds. The van der Waals surface area contributed by atoms with Crippen LogP contribution in [0, 0.1) is 6.92 Å². The minimum atomic E-state index is -0.454. The highest BCUT2D eigenvalue weighted by Crippen LogP contribution is 2.31. The molecule has 1 heterocycles. The quantitative estimate of drug-likeness (QED) is 0.893. The molecule has 0 saturated carbocycles. The first-order valence-corrected chi connectivity index (χ1v) is 6.93. The predicted molar refractivity (Wildman–Crippen MR) is 78.3 cm³/mol. The van der Waals surface area contributed by atoms with Gasteiger partial charge in [-0.2, -0.15) is 0 Å². The van der Waals surface area contributed by atoms with Gasteiger partial charge in [0, 0.05) is 17.6 Å². The number of methoxy groups -OCH3 is 1. The number of carbonyl (C=O) groups excluding carboxylic acids is 1. The average Bonchev–Trinajstić information content (AvgIpc) is 2.91. The maximum Gasteiger partial charge on any atom is 0.253 e. The molecule has 5 nitrogen and oxygen atoms in total. The number of ether oxygens (including phenoxy) is 2. The normalized spacial score (nSPS) is 21.8. The van der Waals surface area contributed by atoms with Crippen molar-refractivity contribution in [2.24, 2.45) is 5.73 Å². The van der Waals surface area contributed by atoms with E-state index in [4.69, 9.17) is 26.8 Å². The van der Waals surface area contributed by atoms with Gasteiger partial charge in [-0.3, -0.25) is 4.79 Å². The van der Waals surface area contributed by atoms with Gasteiger partial charge in [0.2, 0.25) is 0 Å². The zero-order chi connectivity index (χ0) is 14.7. The van der Waals surface area contributed by atoms with Gasteiger partial charge in [0.25, 0.3) is 5.91 Å². The van der Waals surface area contributed by atoms with Gasteiger partial charge < -0.3 is 20.5 Å². The standard InChI is InChI=1S/C14H19ClN2O3/c1-8-5-11(13(19-2)6-10(8)15)17-14(18)12-4-3-9(7-16)20-12/h5-6,9,12H,3-4,7,16H2,1-2H3,(H,17,18). The third-order valence-electron chi connectivity index (χ3n) is 3.40. The summed E-state index contributed by atoms with van der Waals surface area (Å²) in [6.45, 7) is 2.31. The smallest absolute Gasteiger partial charge is 0.253 e. The van der Waals surface area contributed by atoms with Crippen LogP contribution >= 0.6 is 11.6 Å². The first kappa shape index (κ1) is 15.1. The van der Waals surface area contributed by atoms with Gasteiger partial charge in [0.15, 0.2) is 0 Å². The first-order chi connectivity index (χ1) is 9.55. The molecule has 1 fully saturated rings. The summed E-state index contributed by atoms with van der Waals surface area (Å²) >= 11 is 6.03. The molecule has 1 aliphatic heterocycles. The number of hydrogen-bond donors (Lipinski definition) is 2. The maximum absolute atomic E-state index is 12.2.